The molecule has 1 aliphatic carbocycles. The molecule has 2 fully saturated rings. The maximum Gasteiger partial charge on any atom is 0.242 e. The van der Waals surface area contributed by atoms with Crippen molar-refractivity contribution in [1.82, 2.24) is 4.90 Å². The number of nitrogens with zero attached hydrogens (tertiary/aromatic N) is 1. The first-order valence-electron chi connectivity index (χ1n) is 6.71. The van der Waals surface area contributed by atoms with Crippen LogP contribution in [0.1, 0.15) is 39.5 Å². The maximum absolute atomic E-state index is 12.0. The normalized spacial score (nSPS) is 24.1. The van der Waals surface area contributed by atoms with Gasteiger partial charge in [-0.2, -0.15) is 0 Å². The molecule has 2 aliphatic rings. The highest BCUT2D eigenvalue weighted by Crippen LogP contribution is 2.35. The molecule has 1 aliphatic heterocycles. The first-order valence-corrected chi connectivity index (χ1v) is 6.71. The predicted octanol–water partition coefficient (Wildman–Crippen LogP) is 1.14. The second kappa shape index (κ2) is 4.94. The number of ether oxygens (including phenoxy) is 1. The molecule has 4 nitrogen and oxygen atoms in total. The van der Waals surface area contributed by atoms with E-state index in [-0.39, 0.29) is 5.91 Å². The summed E-state index contributed by atoms with van der Waals surface area (Å²) in [6.07, 6.45) is 4.13. The SMILES string of the molecule is CC(C)OCC1CCN(C(=O)C2(N)CC2)CC1. The Balaban J connectivity index is 1.72. The van der Waals surface area contributed by atoms with Crippen molar-refractivity contribution in [3.8, 4) is 0 Å². The molecule has 17 heavy (non-hydrogen) atoms. The third-order valence-electron chi connectivity index (χ3n) is 3.78. The van der Waals surface area contributed by atoms with Crippen LogP contribution in [0, 0.1) is 5.92 Å². The molecule has 0 radical (unpaired) electrons. The first kappa shape index (κ1) is 12.8. The Kier molecular flexibility index (Phi) is 3.73. The minimum Gasteiger partial charge on any atom is -0.379 e. The lowest BCUT2D eigenvalue weighted by Gasteiger charge is -2.33. The quantitative estimate of drug-likeness (QED) is 0.801. The van der Waals surface area contributed by atoms with Crippen LogP contribution >= 0.6 is 0 Å². The molecule has 0 aromatic carbocycles. The molecule has 2 N–H and O–H groups in total. The minimum absolute atomic E-state index is 0.167. The molecule has 2 rings (SSSR count). The number of amides is 1. The van der Waals surface area contributed by atoms with Gasteiger partial charge in [-0.05, 0) is 45.4 Å². The van der Waals surface area contributed by atoms with Crippen molar-refractivity contribution in [2.24, 2.45) is 11.7 Å². The van der Waals surface area contributed by atoms with Gasteiger partial charge < -0.3 is 15.4 Å². The number of piperidine rings is 1. The van der Waals surface area contributed by atoms with E-state index in [2.05, 4.69) is 13.8 Å². The van der Waals surface area contributed by atoms with Crippen LogP contribution in [0.2, 0.25) is 0 Å². The van der Waals surface area contributed by atoms with Gasteiger partial charge >= 0.3 is 0 Å². The second-order valence-electron chi connectivity index (χ2n) is 5.77. The van der Waals surface area contributed by atoms with Gasteiger partial charge in [0.25, 0.3) is 0 Å². The van der Waals surface area contributed by atoms with Crippen LogP contribution in [0.25, 0.3) is 0 Å². The Morgan fingerprint density at radius 1 is 1.41 bits per heavy atom. The summed E-state index contributed by atoms with van der Waals surface area (Å²) in [6, 6.07) is 0. The Morgan fingerprint density at radius 2 is 2.00 bits per heavy atom. The number of hydrogen-bond donors (Lipinski definition) is 1. The van der Waals surface area contributed by atoms with Gasteiger partial charge in [0.2, 0.25) is 5.91 Å². The average Bonchev–Trinajstić information content (AvgIpc) is 3.06. The fourth-order valence-corrected chi connectivity index (χ4v) is 2.29. The molecule has 0 unspecified atom stereocenters. The molecule has 4 heteroatoms. The molecule has 1 saturated heterocycles. The Hall–Kier alpha value is -0.610. The third kappa shape index (κ3) is 3.19. The molecule has 0 aromatic rings. The number of carbonyl (C=O) groups is 1. The van der Waals surface area contributed by atoms with E-state index in [0.29, 0.717) is 12.0 Å². The zero-order valence-corrected chi connectivity index (χ0v) is 10.9. The Labute approximate surface area is 103 Å². The van der Waals surface area contributed by atoms with Crippen LogP contribution in [-0.2, 0) is 9.53 Å². The molecule has 98 valence electrons. The van der Waals surface area contributed by atoms with Crippen molar-refractivity contribution in [3.63, 3.8) is 0 Å². The molecule has 0 bridgehead atoms. The summed E-state index contributed by atoms with van der Waals surface area (Å²) >= 11 is 0. The number of nitrogens with two attached hydrogens (primary N) is 1. The van der Waals surface area contributed by atoms with Crippen LogP contribution < -0.4 is 5.73 Å². The van der Waals surface area contributed by atoms with E-state index < -0.39 is 5.54 Å². The first-order chi connectivity index (χ1) is 8.01. The van der Waals surface area contributed by atoms with Crippen molar-refractivity contribution in [1.29, 1.82) is 0 Å². The second-order valence-corrected chi connectivity index (χ2v) is 5.77. The van der Waals surface area contributed by atoms with Gasteiger partial charge in [0.05, 0.1) is 11.6 Å². The minimum atomic E-state index is -0.499. The van der Waals surface area contributed by atoms with E-state index in [0.717, 1.165) is 45.4 Å². The topological polar surface area (TPSA) is 55.6 Å². The summed E-state index contributed by atoms with van der Waals surface area (Å²) in [5, 5.41) is 0. The fraction of sp³-hybridized carbons (Fsp3) is 0.923. The lowest BCUT2D eigenvalue weighted by molar-refractivity contribution is -0.135. The van der Waals surface area contributed by atoms with Crippen molar-refractivity contribution in [3.05, 3.63) is 0 Å². The molecule has 1 saturated carbocycles. The summed E-state index contributed by atoms with van der Waals surface area (Å²) in [5.74, 6) is 0.773. The molecule has 0 atom stereocenters. The molecule has 1 heterocycles. The van der Waals surface area contributed by atoms with Gasteiger partial charge in [0.1, 0.15) is 0 Å². The van der Waals surface area contributed by atoms with Crippen molar-refractivity contribution in [2.45, 2.75) is 51.2 Å². The predicted molar refractivity (Wildman–Crippen MR) is 66.5 cm³/mol. The van der Waals surface area contributed by atoms with Crippen LogP contribution in [-0.4, -0.2) is 42.1 Å². The highest BCUT2D eigenvalue weighted by atomic mass is 16.5. The molecule has 1 amide bonds. The van der Waals surface area contributed by atoms with Crippen molar-refractivity contribution < 1.29 is 9.53 Å². The van der Waals surface area contributed by atoms with E-state index in [1.807, 2.05) is 4.90 Å². The van der Waals surface area contributed by atoms with Crippen molar-refractivity contribution >= 4 is 5.91 Å². The lowest BCUT2D eigenvalue weighted by Crippen LogP contribution is -2.49. The van der Waals surface area contributed by atoms with Crippen LogP contribution in [0.4, 0.5) is 0 Å². The van der Waals surface area contributed by atoms with Crippen LogP contribution in [0.3, 0.4) is 0 Å². The van der Waals surface area contributed by atoms with E-state index in [4.69, 9.17) is 10.5 Å². The number of carbonyl (C=O) groups excluding carboxylic acids is 1. The van der Waals surface area contributed by atoms with Gasteiger partial charge in [-0.15, -0.1) is 0 Å². The third-order valence-corrected chi connectivity index (χ3v) is 3.78. The highest BCUT2D eigenvalue weighted by molar-refractivity contribution is 5.89. The largest absolute Gasteiger partial charge is 0.379 e. The van der Waals surface area contributed by atoms with E-state index in [1.54, 1.807) is 0 Å². The summed E-state index contributed by atoms with van der Waals surface area (Å²) < 4.78 is 5.63. The fourth-order valence-electron chi connectivity index (χ4n) is 2.29. The number of likely N-dealkylation sites (tertiary alicyclic amines) is 1. The maximum atomic E-state index is 12.0. The highest BCUT2D eigenvalue weighted by Gasteiger charge is 2.48. The lowest BCUT2D eigenvalue weighted by atomic mass is 9.97. The monoisotopic (exact) mass is 240 g/mol. The summed E-state index contributed by atoms with van der Waals surface area (Å²) in [5.41, 5.74) is 5.44. The number of hydrogen-bond acceptors (Lipinski definition) is 3. The average molecular weight is 240 g/mol. The zero-order chi connectivity index (χ0) is 12.5. The standard InChI is InChI=1S/C13H24N2O2/c1-10(2)17-9-11-3-7-15(8-4-11)12(16)13(14)5-6-13/h10-11H,3-9,14H2,1-2H3. The smallest absolute Gasteiger partial charge is 0.242 e. The van der Waals surface area contributed by atoms with E-state index >= 15 is 0 Å². The van der Waals surface area contributed by atoms with Gasteiger partial charge in [-0.25, -0.2) is 0 Å². The van der Waals surface area contributed by atoms with Crippen molar-refractivity contribution in [2.75, 3.05) is 19.7 Å². The Bertz CT molecular complexity index is 279. The summed E-state index contributed by atoms with van der Waals surface area (Å²) in [6.45, 7) is 6.65. The van der Waals surface area contributed by atoms with Gasteiger partial charge in [0.15, 0.2) is 0 Å². The van der Waals surface area contributed by atoms with Gasteiger partial charge in [-0.1, -0.05) is 0 Å². The van der Waals surface area contributed by atoms with Gasteiger partial charge in [-0.3, -0.25) is 4.79 Å². The summed E-state index contributed by atoms with van der Waals surface area (Å²) in [7, 11) is 0. The molecule has 0 aromatic heterocycles. The molecular weight excluding hydrogens is 216 g/mol. The summed E-state index contributed by atoms with van der Waals surface area (Å²) in [4.78, 5) is 14.0. The molecule has 0 spiro atoms. The zero-order valence-electron chi connectivity index (χ0n) is 10.9. The molecular formula is C13H24N2O2. The Morgan fingerprint density at radius 3 is 2.47 bits per heavy atom. The van der Waals surface area contributed by atoms with E-state index in [9.17, 15) is 4.79 Å². The van der Waals surface area contributed by atoms with Crippen LogP contribution in [0.15, 0.2) is 0 Å². The number of rotatable bonds is 4. The van der Waals surface area contributed by atoms with E-state index in [1.165, 1.54) is 0 Å². The van der Waals surface area contributed by atoms with Gasteiger partial charge in [0, 0.05) is 19.7 Å². The van der Waals surface area contributed by atoms with Crippen LogP contribution in [0.5, 0.6) is 0 Å².